The summed E-state index contributed by atoms with van der Waals surface area (Å²) >= 11 is 0. The van der Waals surface area contributed by atoms with Crippen LogP contribution in [0.1, 0.15) is 11.6 Å². The van der Waals surface area contributed by atoms with Crippen LogP contribution in [0.2, 0.25) is 0 Å². The molecule has 0 bridgehead atoms. The summed E-state index contributed by atoms with van der Waals surface area (Å²) in [4.78, 5) is 6.76. The Hall–Kier alpha value is -2.47. The molecule has 0 saturated carbocycles. The highest BCUT2D eigenvalue weighted by Gasteiger charge is 2.28. The zero-order chi connectivity index (χ0) is 16.5. The Morgan fingerprint density at radius 1 is 1.08 bits per heavy atom. The van der Waals surface area contributed by atoms with Gasteiger partial charge in [-0.2, -0.15) is 8.78 Å². The van der Waals surface area contributed by atoms with E-state index in [0.717, 1.165) is 36.2 Å². The number of alkyl halides is 2. The van der Waals surface area contributed by atoms with Crippen molar-refractivity contribution in [2.24, 2.45) is 0 Å². The van der Waals surface area contributed by atoms with Crippen LogP contribution >= 0.6 is 0 Å². The van der Waals surface area contributed by atoms with Crippen molar-refractivity contribution in [2.45, 2.75) is 19.2 Å². The van der Waals surface area contributed by atoms with Crippen molar-refractivity contribution in [1.82, 2.24) is 14.5 Å². The summed E-state index contributed by atoms with van der Waals surface area (Å²) in [6.07, 6.45) is 1.91. The first kappa shape index (κ1) is 15.1. The van der Waals surface area contributed by atoms with E-state index in [1.54, 1.807) is 12.1 Å². The number of benzene rings is 2. The van der Waals surface area contributed by atoms with E-state index in [1.807, 2.05) is 36.7 Å². The van der Waals surface area contributed by atoms with E-state index in [2.05, 4.69) is 25.3 Å². The van der Waals surface area contributed by atoms with Gasteiger partial charge in [0.25, 0.3) is 0 Å². The highest BCUT2D eigenvalue weighted by molar-refractivity contribution is 5.75. The SMILES string of the molecule is FC(F)Oc1ccc(CN2CC(n3cnc4ccccc43)C2)cc1. The van der Waals surface area contributed by atoms with Crippen molar-refractivity contribution in [3.63, 3.8) is 0 Å². The maximum atomic E-state index is 12.1. The van der Waals surface area contributed by atoms with E-state index < -0.39 is 6.61 Å². The van der Waals surface area contributed by atoms with Gasteiger partial charge < -0.3 is 9.30 Å². The molecule has 0 N–H and O–H groups in total. The summed E-state index contributed by atoms with van der Waals surface area (Å²) in [6, 6.07) is 15.4. The molecule has 1 fully saturated rings. The van der Waals surface area contributed by atoms with Gasteiger partial charge in [-0.1, -0.05) is 24.3 Å². The maximum Gasteiger partial charge on any atom is 0.387 e. The van der Waals surface area contributed by atoms with E-state index >= 15 is 0 Å². The predicted octanol–water partition coefficient (Wildman–Crippen LogP) is 3.69. The fourth-order valence-electron chi connectivity index (χ4n) is 3.15. The van der Waals surface area contributed by atoms with Gasteiger partial charge in [0.05, 0.1) is 23.4 Å². The number of hydrogen-bond donors (Lipinski definition) is 0. The minimum atomic E-state index is -2.78. The fourth-order valence-corrected chi connectivity index (χ4v) is 3.15. The molecule has 0 unspecified atom stereocenters. The molecule has 1 saturated heterocycles. The highest BCUT2D eigenvalue weighted by Crippen LogP contribution is 2.27. The second-order valence-electron chi connectivity index (χ2n) is 6.01. The lowest BCUT2D eigenvalue weighted by Gasteiger charge is -2.40. The number of ether oxygens (including phenoxy) is 1. The van der Waals surface area contributed by atoms with E-state index in [4.69, 9.17) is 0 Å². The quantitative estimate of drug-likeness (QED) is 0.715. The Morgan fingerprint density at radius 2 is 1.83 bits per heavy atom. The van der Waals surface area contributed by atoms with Crippen molar-refractivity contribution >= 4 is 11.0 Å². The van der Waals surface area contributed by atoms with Crippen molar-refractivity contribution in [3.05, 3.63) is 60.4 Å². The molecule has 0 atom stereocenters. The number of nitrogens with zero attached hydrogens (tertiary/aromatic N) is 3. The normalized spacial score (nSPS) is 15.8. The Bertz CT molecular complexity index is 826. The maximum absolute atomic E-state index is 12.1. The van der Waals surface area contributed by atoms with E-state index in [0.29, 0.717) is 6.04 Å². The predicted molar refractivity (Wildman–Crippen MR) is 87.1 cm³/mol. The number of rotatable bonds is 5. The van der Waals surface area contributed by atoms with Gasteiger partial charge in [0, 0.05) is 19.6 Å². The first-order chi connectivity index (χ1) is 11.7. The van der Waals surface area contributed by atoms with Gasteiger partial charge in [-0.15, -0.1) is 0 Å². The third-order valence-electron chi connectivity index (χ3n) is 4.37. The molecule has 1 aromatic heterocycles. The van der Waals surface area contributed by atoms with Crippen LogP contribution in [0.4, 0.5) is 8.78 Å². The van der Waals surface area contributed by atoms with Gasteiger partial charge in [0.15, 0.2) is 0 Å². The van der Waals surface area contributed by atoms with Crippen LogP contribution < -0.4 is 4.74 Å². The van der Waals surface area contributed by atoms with Crippen LogP contribution in [-0.4, -0.2) is 34.2 Å². The zero-order valence-corrected chi connectivity index (χ0v) is 13.0. The Morgan fingerprint density at radius 3 is 2.58 bits per heavy atom. The highest BCUT2D eigenvalue weighted by atomic mass is 19.3. The molecule has 124 valence electrons. The first-order valence-electron chi connectivity index (χ1n) is 7.87. The smallest absolute Gasteiger partial charge is 0.387 e. The van der Waals surface area contributed by atoms with Crippen LogP contribution in [0.5, 0.6) is 5.75 Å². The number of likely N-dealkylation sites (tertiary alicyclic amines) is 1. The molecule has 0 radical (unpaired) electrons. The van der Waals surface area contributed by atoms with Gasteiger partial charge >= 0.3 is 6.61 Å². The van der Waals surface area contributed by atoms with Crippen molar-refractivity contribution < 1.29 is 13.5 Å². The second kappa shape index (κ2) is 6.20. The zero-order valence-electron chi connectivity index (χ0n) is 13.0. The molecule has 2 heterocycles. The third kappa shape index (κ3) is 2.97. The number of para-hydroxylation sites is 2. The van der Waals surface area contributed by atoms with E-state index in [9.17, 15) is 8.78 Å². The molecule has 4 nitrogen and oxygen atoms in total. The van der Waals surface area contributed by atoms with Crippen molar-refractivity contribution in [2.75, 3.05) is 13.1 Å². The Balaban J connectivity index is 1.36. The van der Waals surface area contributed by atoms with Crippen molar-refractivity contribution in [3.8, 4) is 5.75 Å². The summed E-state index contributed by atoms with van der Waals surface area (Å²) < 4.78 is 30.9. The molecule has 24 heavy (non-hydrogen) atoms. The molecule has 1 aliphatic rings. The molecule has 2 aromatic carbocycles. The standard InChI is InChI=1S/C18H17F2N3O/c19-18(20)24-15-7-5-13(6-8-15)9-22-10-14(11-22)23-12-21-16-3-1-2-4-17(16)23/h1-8,12,14,18H,9-11H2. The topological polar surface area (TPSA) is 30.3 Å². The average molecular weight is 329 g/mol. The molecule has 0 amide bonds. The number of hydrogen-bond acceptors (Lipinski definition) is 3. The Kier molecular flexibility index (Phi) is 3.90. The second-order valence-corrected chi connectivity index (χ2v) is 6.01. The van der Waals surface area contributed by atoms with Crippen molar-refractivity contribution in [1.29, 1.82) is 0 Å². The van der Waals surface area contributed by atoms with E-state index in [1.165, 1.54) is 0 Å². The van der Waals surface area contributed by atoms with Gasteiger partial charge in [-0.3, -0.25) is 4.90 Å². The molecule has 6 heteroatoms. The molecule has 0 aliphatic carbocycles. The summed E-state index contributed by atoms with van der Waals surface area (Å²) in [5.74, 6) is 0.195. The number of imidazole rings is 1. The summed E-state index contributed by atoms with van der Waals surface area (Å²) in [5.41, 5.74) is 3.27. The van der Waals surface area contributed by atoms with Crippen LogP contribution in [0.3, 0.4) is 0 Å². The van der Waals surface area contributed by atoms with Crippen LogP contribution in [0.15, 0.2) is 54.9 Å². The van der Waals surface area contributed by atoms with Crippen LogP contribution in [0, 0.1) is 0 Å². The first-order valence-corrected chi connectivity index (χ1v) is 7.87. The average Bonchev–Trinajstić information content (AvgIpc) is 2.95. The fraction of sp³-hybridized carbons (Fsp3) is 0.278. The number of aromatic nitrogens is 2. The minimum Gasteiger partial charge on any atom is -0.435 e. The monoisotopic (exact) mass is 329 g/mol. The van der Waals surface area contributed by atoms with Gasteiger partial charge in [0.2, 0.25) is 0 Å². The van der Waals surface area contributed by atoms with Crippen LogP contribution in [0.25, 0.3) is 11.0 Å². The molecule has 3 aromatic rings. The van der Waals surface area contributed by atoms with Gasteiger partial charge in [-0.05, 0) is 29.8 Å². The third-order valence-corrected chi connectivity index (χ3v) is 4.37. The Labute approximate surface area is 138 Å². The molecular weight excluding hydrogens is 312 g/mol. The molecule has 4 rings (SSSR count). The van der Waals surface area contributed by atoms with Gasteiger partial charge in [-0.25, -0.2) is 4.98 Å². The molecular formula is C18H17F2N3O. The molecule has 1 aliphatic heterocycles. The lowest BCUT2D eigenvalue weighted by molar-refractivity contribution is -0.0498. The van der Waals surface area contributed by atoms with Crippen LogP contribution in [-0.2, 0) is 6.54 Å². The minimum absolute atomic E-state index is 0.195. The largest absolute Gasteiger partial charge is 0.435 e. The lowest BCUT2D eigenvalue weighted by atomic mass is 10.1. The summed E-state index contributed by atoms with van der Waals surface area (Å²) in [5, 5.41) is 0. The number of halogens is 2. The van der Waals surface area contributed by atoms with Gasteiger partial charge in [0.1, 0.15) is 5.75 Å². The molecule has 0 spiro atoms. The summed E-state index contributed by atoms with van der Waals surface area (Å²) in [7, 11) is 0. The summed E-state index contributed by atoms with van der Waals surface area (Å²) in [6.45, 7) is -0.0689. The van der Waals surface area contributed by atoms with E-state index in [-0.39, 0.29) is 5.75 Å². The lowest BCUT2D eigenvalue weighted by Crippen LogP contribution is -2.46. The number of fused-ring (bicyclic) bond motifs is 1.